The minimum Gasteiger partial charge on any atom is -0.507 e. The van der Waals surface area contributed by atoms with Crippen molar-refractivity contribution >= 4 is 17.7 Å². The number of hydrogen-bond donors (Lipinski definition) is 1. The third kappa shape index (κ3) is 3.67. The summed E-state index contributed by atoms with van der Waals surface area (Å²) in [4.78, 5) is 17.5. The third-order valence-electron chi connectivity index (χ3n) is 5.73. The lowest BCUT2D eigenvalue weighted by molar-refractivity contribution is 0.0130. The summed E-state index contributed by atoms with van der Waals surface area (Å²) in [5, 5.41) is 10.6. The lowest BCUT2D eigenvalue weighted by Crippen LogP contribution is -2.43. The number of carbonyl (C=O) groups excluding carboxylic acids is 1. The van der Waals surface area contributed by atoms with E-state index < -0.39 is 5.60 Å². The average molecular weight is 395 g/mol. The predicted molar refractivity (Wildman–Crippen MR) is 110 cm³/mol. The second kappa shape index (κ2) is 7.78. The van der Waals surface area contributed by atoms with Gasteiger partial charge in [-0.25, -0.2) is 0 Å². The number of aliphatic imine (C=N–C) groups is 1. The van der Waals surface area contributed by atoms with Gasteiger partial charge in [0.15, 0.2) is 5.78 Å². The normalized spacial score (nSPS) is 17.8. The van der Waals surface area contributed by atoms with Gasteiger partial charge < -0.3 is 19.3 Å². The van der Waals surface area contributed by atoms with E-state index in [0.717, 1.165) is 31.4 Å². The molecule has 0 unspecified atom stereocenters. The van der Waals surface area contributed by atoms with Gasteiger partial charge in [0.1, 0.15) is 34.2 Å². The van der Waals surface area contributed by atoms with Crippen LogP contribution in [0.2, 0.25) is 0 Å². The molecule has 2 aromatic rings. The molecule has 0 bridgehead atoms. The van der Waals surface area contributed by atoms with Crippen LogP contribution in [0.25, 0.3) is 0 Å². The van der Waals surface area contributed by atoms with Gasteiger partial charge in [-0.2, -0.15) is 0 Å². The predicted octanol–water partition coefficient (Wildman–Crippen LogP) is 4.83. The van der Waals surface area contributed by atoms with Crippen LogP contribution in [0.3, 0.4) is 0 Å². The lowest BCUT2D eigenvalue weighted by atomic mass is 9.78. The van der Waals surface area contributed by atoms with Crippen molar-refractivity contribution in [3.8, 4) is 23.0 Å². The molecule has 6 heteroatoms. The molecule has 0 saturated heterocycles. The number of carbonyl (C=O) groups is 1. The van der Waals surface area contributed by atoms with Crippen molar-refractivity contribution in [2.75, 3.05) is 14.2 Å². The molecule has 0 amide bonds. The Bertz CT molecular complexity index is 943. The van der Waals surface area contributed by atoms with E-state index in [-0.39, 0.29) is 11.5 Å². The smallest absolute Gasteiger partial charge is 0.174 e. The van der Waals surface area contributed by atoms with Crippen LogP contribution < -0.4 is 14.2 Å². The molecule has 1 aliphatic heterocycles. The number of ketones is 1. The minimum atomic E-state index is -0.446. The molecule has 6 nitrogen and oxygen atoms in total. The number of phenols is 1. The van der Waals surface area contributed by atoms with Crippen LogP contribution in [0.5, 0.6) is 23.0 Å². The fourth-order valence-corrected chi connectivity index (χ4v) is 4.25. The number of nitrogens with zero attached hydrogens (tertiary/aromatic N) is 1. The summed E-state index contributed by atoms with van der Waals surface area (Å²) in [5.74, 6) is 1.40. The third-order valence-corrected chi connectivity index (χ3v) is 5.73. The van der Waals surface area contributed by atoms with Gasteiger partial charge in [-0.3, -0.25) is 9.79 Å². The topological polar surface area (TPSA) is 77.4 Å². The van der Waals surface area contributed by atoms with E-state index in [2.05, 4.69) is 4.99 Å². The summed E-state index contributed by atoms with van der Waals surface area (Å²) in [6, 6.07) is 8.73. The first-order chi connectivity index (χ1) is 14.0. The van der Waals surface area contributed by atoms with Crippen LogP contribution in [0.15, 0.2) is 35.3 Å². The van der Waals surface area contributed by atoms with E-state index in [1.807, 2.05) is 0 Å². The minimum absolute atomic E-state index is 0.0101. The number of hydrogen-bond acceptors (Lipinski definition) is 6. The number of ether oxygens (including phenoxy) is 3. The molecular formula is C23H25NO5. The molecular weight excluding hydrogens is 370 g/mol. The van der Waals surface area contributed by atoms with Gasteiger partial charge in [0.2, 0.25) is 0 Å². The zero-order valence-corrected chi connectivity index (χ0v) is 16.7. The second-order valence-corrected chi connectivity index (χ2v) is 7.62. The fraction of sp³-hybridized carbons (Fsp3) is 0.391. The van der Waals surface area contributed by atoms with Crippen molar-refractivity contribution in [3.05, 3.63) is 41.5 Å². The second-order valence-electron chi connectivity index (χ2n) is 7.62. The monoisotopic (exact) mass is 395 g/mol. The van der Waals surface area contributed by atoms with Crippen LogP contribution in [-0.2, 0) is 0 Å². The molecule has 1 aliphatic carbocycles. The van der Waals surface area contributed by atoms with Gasteiger partial charge >= 0.3 is 0 Å². The van der Waals surface area contributed by atoms with Gasteiger partial charge in [-0.15, -0.1) is 0 Å². The summed E-state index contributed by atoms with van der Waals surface area (Å²) >= 11 is 0. The van der Waals surface area contributed by atoms with Gasteiger partial charge in [0.05, 0.1) is 31.9 Å². The first-order valence-electron chi connectivity index (χ1n) is 9.89. The SMILES string of the molecule is COc1ccc(N=Cc2c(O)cc3c(c2OC)C(=O)CC2(CCCCC2)O3)cc1. The quantitative estimate of drug-likeness (QED) is 0.751. The Balaban J connectivity index is 1.70. The molecule has 0 aromatic heterocycles. The van der Waals surface area contributed by atoms with Gasteiger partial charge in [-0.1, -0.05) is 6.42 Å². The number of aromatic hydroxyl groups is 1. The van der Waals surface area contributed by atoms with Crippen molar-refractivity contribution in [1.29, 1.82) is 0 Å². The van der Waals surface area contributed by atoms with Crippen molar-refractivity contribution < 1.29 is 24.1 Å². The zero-order valence-electron chi connectivity index (χ0n) is 16.7. The van der Waals surface area contributed by atoms with E-state index in [1.165, 1.54) is 25.8 Å². The standard InChI is InChI=1S/C23H25NO5/c1-27-16-8-6-15(7-9-16)24-14-17-18(25)12-20-21(22(17)28-2)19(26)13-23(29-20)10-4-3-5-11-23/h6-9,12,14,25H,3-5,10-11,13H2,1-2H3. The first kappa shape index (κ1) is 19.3. The maximum atomic E-state index is 13.0. The number of phenolic OH excluding ortho intramolecular Hbond substituents is 1. The molecule has 1 spiro atoms. The largest absolute Gasteiger partial charge is 0.507 e. The Labute approximate surface area is 170 Å². The number of Topliss-reactive ketones (excluding diaryl/α,β-unsaturated/α-hetero) is 1. The Morgan fingerprint density at radius 1 is 1.10 bits per heavy atom. The van der Waals surface area contributed by atoms with E-state index in [4.69, 9.17) is 14.2 Å². The van der Waals surface area contributed by atoms with E-state index >= 15 is 0 Å². The summed E-state index contributed by atoms with van der Waals surface area (Å²) in [7, 11) is 3.09. The van der Waals surface area contributed by atoms with Crippen molar-refractivity contribution in [2.45, 2.75) is 44.1 Å². The van der Waals surface area contributed by atoms with Crippen molar-refractivity contribution in [3.63, 3.8) is 0 Å². The van der Waals surface area contributed by atoms with E-state index in [1.54, 1.807) is 31.4 Å². The Morgan fingerprint density at radius 3 is 2.48 bits per heavy atom. The highest BCUT2D eigenvalue weighted by Gasteiger charge is 2.43. The Kier molecular flexibility index (Phi) is 5.18. The highest BCUT2D eigenvalue weighted by atomic mass is 16.5. The molecule has 1 N–H and O–H groups in total. The summed E-state index contributed by atoms with van der Waals surface area (Å²) < 4.78 is 16.9. The summed E-state index contributed by atoms with van der Waals surface area (Å²) in [5.41, 5.74) is 0.989. The summed E-state index contributed by atoms with van der Waals surface area (Å²) in [6.07, 6.45) is 6.85. The number of benzene rings is 2. The van der Waals surface area contributed by atoms with Crippen molar-refractivity contribution in [2.24, 2.45) is 4.99 Å². The van der Waals surface area contributed by atoms with Gasteiger partial charge in [0.25, 0.3) is 0 Å². The zero-order chi connectivity index (χ0) is 20.4. The summed E-state index contributed by atoms with van der Waals surface area (Å²) in [6.45, 7) is 0. The van der Waals surface area contributed by atoms with Crippen molar-refractivity contribution in [1.82, 2.24) is 0 Å². The highest BCUT2D eigenvalue weighted by molar-refractivity contribution is 6.06. The number of rotatable bonds is 4. The van der Waals surface area contributed by atoms with E-state index in [9.17, 15) is 9.90 Å². The number of methoxy groups -OCH3 is 2. The molecule has 0 radical (unpaired) electrons. The van der Waals surface area contributed by atoms with Crippen LogP contribution in [-0.4, -0.2) is 36.9 Å². The molecule has 29 heavy (non-hydrogen) atoms. The fourth-order valence-electron chi connectivity index (χ4n) is 4.25. The molecule has 1 fully saturated rings. The first-order valence-corrected chi connectivity index (χ1v) is 9.89. The maximum absolute atomic E-state index is 13.0. The Morgan fingerprint density at radius 2 is 1.83 bits per heavy atom. The maximum Gasteiger partial charge on any atom is 0.174 e. The van der Waals surface area contributed by atoms with Gasteiger partial charge in [0, 0.05) is 12.3 Å². The van der Waals surface area contributed by atoms with Crippen LogP contribution in [0, 0.1) is 0 Å². The number of fused-ring (bicyclic) bond motifs is 1. The van der Waals surface area contributed by atoms with Crippen LogP contribution in [0.1, 0.15) is 54.4 Å². The molecule has 4 rings (SSSR count). The molecule has 2 aromatic carbocycles. The van der Waals surface area contributed by atoms with Crippen LogP contribution >= 0.6 is 0 Å². The molecule has 152 valence electrons. The van der Waals surface area contributed by atoms with Crippen LogP contribution in [0.4, 0.5) is 5.69 Å². The molecule has 1 heterocycles. The molecule has 0 atom stereocenters. The Hall–Kier alpha value is -3.02. The average Bonchev–Trinajstić information content (AvgIpc) is 2.72. The molecule has 1 saturated carbocycles. The lowest BCUT2D eigenvalue weighted by Gasteiger charge is -2.41. The van der Waals surface area contributed by atoms with E-state index in [0.29, 0.717) is 34.7 Å². The molecule has 2 aliphatic rings. The van der Waals surface area contributed by atoms with Gasteiger partial charge in [-0.05, 0) is 49.9 Å². The highest BCUT2D eigenvalue weighted by Crippen LogP contribution is 2.47.